The standard InChI is InChI=1S/C19H30N2O3/c1-5-23-16-7-8-18(24-6-2)17(13-16)20-15(4)19(22)21-11-9-14(3)10-12-21/h7-8,13-15,20H,5-6,9-12H2,1-4H3. The van der Waals surface area contributed by atoms with Gasteiger partial charge in [0.2, 0.25) is 5.91 Å². The number of benzene rings is 1. The van der Waals surface area contributed by atoms with Crippen LogP contribution in [0.2, 0.25) is 0 Å². The number of carbonyl (C=O) groups is 1. The number of nitrogens with zero attached hydrogens (tertiary/aromatic N) is 1. The van der Waals surface area contributed by atoms with Gasteiger partial charge in [0.25, 0.3) is 0 Å². The highest BCUT2D eigenvalue weighted by Gasteiger charge is 2.25. The molecular weight excluding hydrogens is 304 g/mol. The number of rotatable bonds is 7. The third-order valence-electron chi connectivity index (χ3n) is 4.40. The van der Waals surface area contributed by atoms with Gasteiger partial charge in [-0.3, -0.25) is 4.79 Å². The maximum atomic E-state index is 12.7. The molecule has 1 aliphatic rings. The molecule has 0 aromatic heterocycles. The molecular formula is C19H30N2O3. The monoisotopic (exact) mass is 334 g/mol. The molecule has 0 saturated carbocycles. The second-order valence-corrected chi connectivity index (χ2v) is 6.40. The number of hydrogen-bond donors (Lipinski definition) is 1. The fourth-order valence-corrected chi connectivity index (χ4v) is 2.96. The molecule has 1 atom stereocenters. The van der Waals surface area contributed by atoms with E-state index in [1.807, 2.05) is 43.9 Å². The van der Waals surface area contributed by atoms with Crippen molar-refractivity contribution in [3.05, 3.63) is 18.2 Å². The van der Waals surface area contributed by atoms with Crippen molar-refractivity contribution < 1.29 is 14.3 Å². The Labute approximate surface area is 145 Å². The highest BCUT2D eigenvalue weighted by molar-refractivity contribution is 5.85. The summed E-state index contributed by atoms with van der Waals surface area (Å²) in [6, 6.07) is 5.38. The van der Waals surface area contributed by atoms with Crippen LogP contribution < -0.4 is 14.8 Å². The van der Waals surface area contributed by atoms with Gasteiger partial charge in [-0.25, -0.2) is 0 Å². The van der Waals surface area contributed by atoms with Crippen molar-refractivity contribution in [2.75, 3.05) is 31.6 Å². The molecule has 24 heavy (non-hydrogen) atoms. The molecule has 1 amide bonds. The Balaban J connectivity index is 2.07. The zero-order valence-electron chi connectivity index (χ0n) is 15.3. The summed E-state index contributed by atoms with van der Waals surface area (Å²) in [5.74, 6) is 2.37. The Bertz CT molecular complexity index is 539. The summed E-state index contributed by atoms with van der Waals surface area (Å²) >= 11 is 0. The number of ether oxygens (including phenoxy) is 2. The van der Waals surface area contributed by atoms with Crippen LogP contribution in [0.4, 0.5) is 5.69 Å². The fourth-order valence-electron chi connectivity index (χ4n) is 2.96. The van der Waals surface area contributed by atoms with E-state index < -0.39 is 0 Å². The number of piperidine rings is 1. The largest absolute Gasteiger partial charge is 0.494 e. The molecule has 0 spiro atoms. The average molecular weight is 334 g/mol. The lowest BCUT2D eigenvalue weighted by atomic mass is 9.99. The minimum absolute atomic E-state index is 0.145. The topological polar surface area (TPSA) is 50.8 Å². The zero-order chi connectivity index (χ0) is 17.5. The Kier molecular flexibility index (Phi) is 6.76. The van der Waals surface area contributed by atoms with Crippen LogP contribution in [0.1, 0.15) is 40.5 Å². The molecule has 2 rings (SSSR count). The summed E-state index contributed by atoms with van der Waals surface area (Å²) in [7, 11) is 0. The smallest absolute Gasteiger partial charge is 0.244 e. The molecule has 1 N–H and O–H groups in total. The van der Waals surface area contributed by atoms with Crippen molar-refractivity contribution in [1.29, 1.82) is 0 Å². The molecule has 1 aromatic carbocycles. The summed E-state index contributed by atoms with van der Waals surface area (Å²) in [6.45, 7) is 10.9. The first-order chi connectivity index (χ1) is 11.5. The molecule has 1 unspecified atom stereocenters. The number of nitrogens with one attached hydrogen (secondary N) is 1. The molecule has 0 aliphatic carbocycles. The summed E-state index contributed by atoms with van der Waals surface area (Å²) in [5.41, 5.74) is 0.800. The van der Waals surface area contributed by atoms with Crippen LogP contribution in [-0.4, -0.2) is 43.2 Å². The molecule has 1 aromatic rings. The third-order valence-corrected chi connectivity index (χ3v) is 4.40. The minimum Gasteiger partial charge on any atom is -0.494 e. The average Bonchev–Trinajstić information content (AvgIpc) is 2.57. The van der Waals surface area contributed by atoms with Crippen LogP contribution in [0.5, 0.6) is 11.5 Å². The lowest BCUT2D eigenvalue weighted by molar-refractivity contribution is -0.132. The number of likely N-dealkylation sites (tertiary alicyclic amines) is 1. The summed E-state index contributed by atoms with van der Waals surface area (Å²) in [5, 5.41) is 3.31. The lowest BCUT2D eigenvalue weighted by Crippen LogP contribution is -2.45. The van der Waals surface area contributed by atoms with E-state index in [1.54, 1.807) is 0 Å². The van der Waals surface area contributed by atoms with E-state index in [9.17, 15) is 4.79 Å². The summed E-state index contributed by atoms with van der Waals surface area (Å²) < 4.78 is 11.2. The first-order valence-corrected chi connectivity index (χ1v) is 9.00. The number of hydrogen-bond acceptors (Lipinski definition) is 4. The highest BCUT2D eigenvalue weighted by Crippen LogP contribution is 2.30. The second kappa shape index (κ2) is 8.81. The van der Waals surface area contributed by atoms with Crippen molar-refractivity contribution in [3.63, 3.8) is 0 Å². The number of amides is 1. The lowest BCUT2D eigenvalue weighted by Gasteiger charge is -2.32. The van der Waals surface area contributed by atoms with Gasteiger partial charge in [-0.05, 0) is 51.7 Å². The van der Waals surface area contributed by atoms with Crippen molar-refractivity contribution in [3.8, 4) is 11.5 Å². The SMILES string of the molecule is CCOc1ccc(OCC)c(NC(C)C(=O)N2CCC(C)CC2)c1. The predicted molar refractivity (Wildman–Crippen MR) is 96.8 cm³/mol. The fraction of sp³-hybridized carbons (Fsp3) is 0.632. The molecule has 0 bridgehead atoms. The van der Waals surface area contributed by atoms with Gasteiger partial charge < -0.3 is 19.7 Å². The van der Waals surface area contributed by atoms with Gasteiger partial charge in [-0.15, -0.1) is 0 Å². The van der Waals surface area contributed by atoms with Crippen LogP contribution in [0.3, 0.4) is 0 Å². The number of carbonyl (C=O) groups excluding carboxylic acids is 1. The van der Waals surface area contributed by atoms with E-state index in [0.29, 0.717) is 19.1 Å². The molecule has 1 aliphatic heterocycles. The van der Waals surface area contributed by atoms with Crippen LogP contribution >= 0.6 is 0 Å². The highest BCUT2D eigenvalue weighted by atomic mass is 16.5. The van der Waals surface area contributed by atoms with Gasteiger partial charge in [-0.1, -0.05) is 6.92 Å². The zero-order valence-corrected chi connectivity index (χ0v) is 15.3. The van der Waals surface area contributed by atoms with Crippen molar-refractivity contribution >= 4 is 11.6 Å². The Hall–Kier alpha value is -1.91. The van der Waals surface area contributed by atoms with Crippen molar-refractivity contribution in [1.82, 2.24) is 4.90 Å². The van der Waals surface area contributed by atoms with E-state index in [4.69, 9.17) is 9.47 Å². The molecule has 1 fully saturated rings. The number of anilines is 1. The Morgan fingerprint density at radius 1 is 1.25 bits per heavy atom. The first-order valence-electron chi connectivity index (χ1n) is 9.00. The van der Waals surface area contributed by atoms with Crippen molar-refractivity contribution in [2.45, 2.75) is 46.6 Å². The molecule has 1 heterocycles. The van der Waals surface area contributed by atoms with Gasteiger partial charge >= 0.3 is 0 Å². The van der Waals surface area contributed by atoms with Crippen LogP contribution in [0.25, 0.3) is 0 Å². The van der Waals surface area contributed by atoms with Crippen LogP contribution in [-0.2, 0) is 4.79 Å². The minimum atomic E-state index is -0.297. The summed E-state index contributed by atoms with van der Waals surface area (Å²) in [6.07, 6.45) is 2.17. The molecule has 134 valence electrons. The molecule has 5 heteroatoms. The molecule has 0 radical (unpaired) electrons. The predicted octanol–water partition coefficient (Wildman–Crippen LogP) is 3.54. The van der Waals surface area contributed by atoms with E-state index in [-0.39, 0.29) is 11.9 Å². The van der Waals surface area contributed by atoms with E-state index in [1.165, 1.54) is 0 Å². The van der Waals surface area contributed by atoms with Crippen LogP contribution in [0, 0.1) is 5.92 Å². The van der Waals surface area contributed by atoms with E-state index in [0.717, 1.165) is 43.1 Å². The van der Waals surface area contributed by atoms with E-state index >= 15 is 0 Å². The van der Waals surface area contributed by atoms with Crippen LogP contribution in [0.15, 0.2) is 18.2 Å². The van der Waals surface area contributed by atoms with Gasteiger partial charge in [-0.2, -0.15) is 0 Å². The molecule has 5 nitrogen and oxygen atoms in total. The van der Waals surface area contributed by atoms with Gasteiger partial charge in [0.15, 0.2) is 0 Å². The van der Waals surface area contributed by atoms with Gasteiger partial charge in [0.05, 0.1) is 18.9 Å². The normalized spacial score (nSPS) is 16.6. The maximum absolute atomic E-state index is 12.7. The Morgan fingerprint density at radius 3 is 2.54 bits per heavy atom. The maximum Gasteiger partial charge on any atom is 0.244 e. The van der Waals surface area contributed by atoms with Gasteiger partial charge in [0.1, 0.15) is 17.5 Å². The Morgan fingerprint density at radius 2 is 1.92 bits per heavy atom. The van der Waals surface area contributed by atoms with E-state index in [2.05, 4.69) is 12.2 Å². The third kappa shape index (κ3) is 4.79. The quantitative estimate of drug-likeness (QED) is 0.828. The summed E-state index contributed by atoms with van der Waals surface area (Å²) in [4.78, 5) is 14.6. The second-order valence-electron chi connectivity index (χ2n) is 6.40. The molecule has 1 saturated heterocycles. The van der Waals surface area contributed by atoms with Gasteiger partial charge in [0, 0.05) is 19.2 Å². The van der Waals surface area contributed by atoms with Crippen molar-refractivity contribution in [2.24, 2.45) is 5.92 Å². The first kappa shape index (κ1) is 18.4.